The van der Waals surface area contributed by atoms with E-state index in [9.17, 15) is 43.4 Å². The van der Waals surface area contributed by atoms with Crippen molar-refractivity contribution in [3.8, 4) is 0 Å². The minimum atomic E-state index is -6.54. The van der Waals surface area contributed by atoms with Crippen molar-refractivity contribution < 1.29 is 47.8 Å². The van der Waals surface area contributed by atoms with Crippen molar-refractivity contribution in [2.45, 2.75) is 78.5 Å². The van der Waals surface area contributed by atoms with E-state index in [1.165, 1.54) is 28.6 Å². The Bertz CT molecular complexity index is 1390. The molecule has 1 aliphatic heterocycles. The third-order valence-corrected chi connectivity index (χ3v) is 11.8. The van der Waals surface area contributed by atoms with E-state index in [-0.39, 0.29) is 54.0 Å². The van der Waals surface area contributed by atoms with E-state index >= 15 is 4.39 Å². The fraction of sp³-hybridized carbons (Fsp3) is 0.520. The van der Waals surface area contributed by atoms with Crippen molar-refractivity contribution in [2.24, 2.45) is 0 Å². The standard InChI is InChI=1S/C25H25F8NO3S2/c1-21(2,3)38(35)34-12-11-22(39(36,37)16-7-5-4-6-8-16)17-14-19(26)18(13-15(17)9-10-20(22)34)23(27,24(28,29)30)25(31,32)33/h4-8,13-14,20H,9-12H2,1-3H3/t20-,22-,38-/m1/s1. The van der Waals surface area contributed by atoms with Crippen molar-refractivity contribution in [2.75, 3.05) is 6.54 Å². The topological polar surface area (TPSA) is 54.5 Å². The molecule has 14 heteroatoms. The Morgan fingerprint density at radius 1 is 0.949 bits per heavy atom. The zero-order valence-corrected chi connectivity index (χ0v) is 22.6. The largest absolute Gasteiger partial charge is 0.436 e. The third kappa shape index (κ3) is 4.32. The minimum absolute atomic E-state index is 0.0540. The van der Waals surface area contributed by atoms with Crippen LogP contribution in [0, 0.1) is 5.82 Å². The third-order valence-electron chi connectivity index (χ3n) is 7.35. The van der Waals surface area contributed by atoms with Crippen LogP contribution in [-0.2, 0) is 37.7 Å². The Labute approximate surface area is 222 Å². The first kappa shape index (κ1) is 29.9. The first-order valence-electron chi connectivity index (χ1n) is 11.9. The number of benzene rings is 2. The smallest absolute Gasteiger partial charge is 0.242 e. The molecule has 2 aromatic carbocycles. The summed E-state index contributed by atoms with van der Waals surface area (Å²) in [7, 11) is -6.24. The summed E-state index contributed by atoms with van der Waals surface area (Å²) in [4.78, 5) is -0.207. The first-order chi connectivity index (χ1) is 17.7. The van der Waals surface area contributed by atoms with Crippen molar-refractivity contribution in [1.29, 1.82) is 0 Å². The molecule has 4 rings (SSSR count). The van der Waals surface area contributed by atoms with Crippen LogP contribution in [0.5, 0.6) is 0 Å². The molecule has 0 spiro atoms. The average molecular weight is 604 g/mol. The number of halogens is 8. The molecule has 0 radical (unpaired) electrons. The van der Waals surface area contributed by atoms with Gasteiger partial charge in [0.25, 0.3) is 0 Å². The fourth-order valence-corrected chi connectivity index (χ4v) is 9.50. The van der Waals surface area contributed by atoms with Crippen LogP contribution in [0.1, 0.15) is 50.3 Å². The second-order valence-electron chi connectivity index (χ2n) is 10.7. The Kier molecular flexibility index (Phi) is 7.08. The summed E-state index contributed by atoms with van der Waals surface area (Å²) in [5, 5.41) is 0. The normalized spacial score (nSPS) is 23.8. The van der Waals surface area contributed by atoms with Gasteiger partial charge in [0.1, 0.15) is 21.5 Å². The van der Waals surface area contributed by atoms with Gasteiger partial charge in [-0.1, -0.05) is 18.2 Å². The lowest BCUT2D eigenvalue weighted by atomic mass is 9.77. The molecular formula is C25H25F8NO3S2. The first-order valence-corrected chi connectivity index (χ1v) is 14.4. The minimum Gasteiger partial charge on any atom is -0.242 e. The molecule has 0 unspecified atom stereocenters. The predicted octanol–water partition coefficient (Wildman–Crippen LogP) is 6.27. The maximum atomic E-state index is 15.3. The summed E-state index contributed by atoms with van der Waals surface area (Å²) in [5.74, 6) is -2.18. The van der Waals surface area contributed by atoms with Gasteiger partial charge in [-0.25, -0.2) is 25.7 Å². The van der Waals surface area contributed by atoms with Crippen LogP contribution in [0.2, 0.25) is 0 Å². The summed E-state index contributed by atoms with van der Waals surface area (Å²) in [6.45, 7) is 4.92. The molecule has 0 saturated carbocycles. The number of fused-ring (bicyclic) bond motifs is 3. The van der Waals surface area contributed by atoms with E-state index in [2.05, 4.69) is 0 Å². The maximum absolute atomic E-state index is 15.3. The Morgan fingerprint density at radius 3 is 2.03 bits per heavy atom. The molecule has 4 nitrogen and oxygen atoms in total. The number of alkyl halides is 7. The number of rotatable bonds is 4. The molecule has 0 N–H and O–H groups in total. The summed E-state index contributed by atoms with van der Waals surface area (Å²) in [6, 6.07) is 6.32. The predicted molar refractivity (Wildman–Crippen MR) is 128 cm³/mol. The van der Waals surface area contributed by atoms with Crippen molar-refractivity contribution in [3.63, 3.8) is 0 Å². The van der Waals surface area contributed by atoms with Crippen LogP contribution in [0.4, 0.5) is 35.1 Å². The molecule has 3 atom stereocenters. The fourth-order valence-electron chi connectivity index (χ4n) is 5.58. The van der Waals surface area contributed by atoms with Gasteiger partial charge in [-0.2, -0.15) is 26.3 Å². The number of aryl methyl sites for hydroxylation is 1. The monoisotopic (exact) mass is 603 g/mol. The van der Waals surface area contributed by atoms with E-state index in [1.54, 1.807) is 26.8 Å². The van der Waals surface area contributed by atoms with E-state index in [0.29, 0.717) is 0 Å². The quantitative estimate of drug-likeness (QED) is 0.388. The summed E-state index contributed by atoms with van der Waals surface area (Å²) in [5.41, 5.74) is -9.00. The summed E-state index contributed by atoms with van der Waals surface area (Å²) < 4.78 is 151. The van der Waals surface area contributed by atoms with Gasteiger partial charge in [0.15, 0.2) is 9.84 Å². The highest BCUT2D eigenvalue weighted by Crippen LogP contribution is 2.57. The van der Waals surface area contributed by atoms with Crippen molar-refractivity contribution in [3.05, 3.63) is 65.0 Å². The van der Waals surface area contributed by atoms with E-state index < -0.39 is 65.8 Å². The van der Waals surface area contributed by atoms with Gasteiger partial charge in [0.05, 0.1) is 9.64 Å². The number of nitrogens with zero attached hydrogens (tertiary/aromatic N) is 1. The van der Waals surface area contributed by atoms with Crippen LogP contribution in [-0.4, -0.2) is 46.6 Å². The molecule has 1 saturated heterocycles. The SMILES string of the molecule is CC(C)(C)[S@@](=O)N1CC[C@@]2(S(=O)(=O)c3ccccc3)c3cc(F)c(C(F)(C(F)(F)F)C(F)(F)F)cc3CC[C@@H]12. The van der Waals surface area contributed by atoms with Crippen LogP contribution in [0.3, 0.4) is 0 Å². The molecule has 216 valence electrons. The van der Waals surface area contributed by atoms with Crippen molar-refractivity contribution >= 4 is 20.8 Å². The van der Waals surface area contributed by atoms with Gasteiger partial charge in [0, 0.05) is 18.2 Å². The summed E-state index contributed by atoms with van der Waals surface area (Å²) in [6.07, 6.45) is -13.8. The Hall–Kier alpha value is -2.06. The van der Waals surface area contributed by atoms with E-state index in [0.717, 1.165) is 0 Å². The molecule has 2 aromatic rings. The Morgan fingerprint density at radius 2 is 1.51 bits per heavy atom. The Balaban J connectivity index is 2.02. The molecule has 1 heterocycles. The molecule has 2 aliphatic rings. The van der Waals surface area contributed by atoms with Gasteiger partial charge < -0.3 is 0 Å². The van der Waals surface area contributed by atoms with Crippen molar-refractivity contribution in [1.82, 2.24) is 4.31 Å². The molecule has 0 bridgehead atoms. The number of hydrogen-bond donors (Lipinski definition) is 0. The van der Waals surface area contributed by atoms with Gasteiger partial charge >= 0.3 is 18.0 Å². The molecular weight excluding hydrogens is 578 g/mol. The number of hydrogen-bond acceptors (Lipinski definition) is 3. The molecule has 1 aliphatic carbocycles. The van der Waals surface area contributed by atoms with Crippen LogP contribution < -0.4 is 0 Å². The van der Waals surface area contributed by atoms with Gasteiger partial charge in [-0.05, 0) is 75.4 Å². The van der Waals surface area contributed by atoms with Gasteiger partial charge in [-0.3, -0.25) is 0 Å². The molecule has 0 amide bonds. The van der Waals surface area contributed by atoms with Gasteiger partial charge in [-0.15, -0.1) is 0 Å². The summed E-state index contributed by atoms with van der Waals surface area (Å²) >= 11 is 0. The van der Waals surface area contributed by atoms with E-state index in [1.807, 2.05) is 0 Å². The molecule has 0 aromatic heterocycles. The van der Waals surface area contributed by atoms with Crippen LogP contribution >= 0.6 is 0 Å². The highest BCUT2D eigenvalue weighted by molar-refractivity contribution is 7.92. The molecule has 1 fully saturated rings. The maximum Gasteiger partial charge on any atom is 0.436 e. The lowest BCUT2D eigenvalue weighted by Crippen LogP contribution is -2.53. The zero-order chi connectivity index (χ0) is 29.4. The average Bonchev–Trinajstić information content (AvgIpc) is 3.22. The zero-order valence-electron chi connectivity index (χ0n) is 21.0. The van der Waals surface area contributed by atoms with Gasteiger partial charge in [0.2, 0.25) is 0 Å². The lowest BCUT2D eigenvalue weighted by Gasteiger charge is -2.43. The highest BCUT2D eigenvalue weighted by Gasteiger charge is 2.74. The highest BCUT2D eigenvalue weighted by atomic mass is 32.2. The number of sulfone groups is 1. The second kappa shape index (κ2) is 9.23. The lowest BCUT2D eigenvalue weighted by molar-refractivity contribution is -0.349. The molecule has 39 heavy (non-hydrogen) atoms. The van der Waals surface area contributed by atoms with Crippen LogP contribution in [0.25, 0.3) is 0 Å². The van der Waals surface area contributed by atoms with Crippen LogP contribution in [0.15, 0.2) is 47.4 Å². The van der Waals surface area contributed by atoms with E-state index in [4.69, 9.17) is 0 Å². The second-order valence-corrected chi connectivity index (χ2v) is 15.1.